The number of nitrogens with zero attached hydrogens (tertiary/aromatic N) is 4. The van der Waals surface area contributed by atoms with E-state index in [1.807, 2.05) is 0 Å². The fourth-order valence-electron chi connectivity index (χ4n) is 6.90. The third-order valence-corrected chi connectivity index (χ3v) is 13.3. The van der Waals surface area contributed by atoms with E-state index in [0.717, 1.165) is 24.3 Å². The number of anilines is 2. The van der Waals surface area contributed by atoms with Gasteiger partial charge in [-0.2, -0.15) is 23.8 Å². The maximum atomic E-state index is 13.3. The molecule has 0 aliphatic rings. The minimum absolute atomic E-state index is 0. The number of halogens is 2. The number of hydrogen-bond donors (Lipinski definition) is 4. The number of fused-ring (bicyclic) bond motifs is 2. The molecule has 23 heteroatoms. The summed E-state index contributed by atoms with van der Waals surface area (Å²) in [6, 6.07) is 34.3. The van der Waals surface area contributed by atoms with Crippen molar-refractivity contribution >= 4 is 149 Å². The Morgan fingerprint density at radius 3 is 1.47 bits per heavy atom. The minimum Gasteiger partial charge on any atom is -0.870 e. The number of hydrogen-bond acceptors (Lipinski definition) is 15. The zero-order chi connectivity index (χ0) is 52.1. The van der Waals surface area contributed by atoms with E-state index in [1.54, 1.807) is 111 Å². The summed E-state index contributed by atoms with van der Waals surface area (Å²) in [4.78, 5) is 25.0. The van der Waals surface area contributed by atoms with Crippen LogP contribution in [0.1, 0.15) is 31.8 Å². The van der Waals surface area contributed by atoms with Gasteiger partial charge in [-0.05, 0) is 121 Å². The number of methoxy groups -OCH3 is 2. The van der Waals surface area contributed by atoms with Crippen molar-refractivity contribution < 1.29 is 55.2 Å². The largest absolute Gasteiger partial charge is 2.00 e. The number of benzene rings is 8. The van der Waals surface area contributed by atoms with Crippen molar-refractivity contribution in [3.8, 4) is 23.0 Å². The van der Waals surface area contributed by atoms with Crippen LogP contribution in [0.2, 0.25) is 10.0 Å². The summed E-state index contributed by atoms with van der Waals surface area (Å²) in [7, 11) is -6.29. The van der Waals surface area contributed by atoms with Crippen molar-refractivity contribution in [2.45, 2.75) is 23.6 Å². The molecule has 18 nitrogen and oxygen atoms in total. The zero-order valence-electron chi connectivity index (χ0n) is 38.7. The van der Waals surface area contributed by atoms with Gasteiger partial charge in [0.05, 0.1) is 46.6 Å². The molecule has 368 valence electrons. The molecule has 0 unspecified atom stereocenters. The van der Waals surface area contributed by atoms with Crippen LogP contribution in [0.5, 0.6) is 23.0 Å². The number of ether oxygens (including phenoxy) is 2. The van der Waals surface area contributed by atoms with Crippen LogP contribution in [0.25, 0.3) is 21.5 Å². The summed E-state index contributed by atoms with van der Waals surface area (Å²) in [5.41, 5.74) is 1.44. The molecule has 0 aliphatic heterocycles. The molecule has 0 saturated heterocycles. The van der Waals surface area contributed by atoms with Gasteiger partial charge in [-0.25, -0.2) is 8.42 Å². The van der Waals surface area contributed by atoms with Gasteiger partial charge in [0.1, 0.15) is 27.3 Å². The van der Waals surface area contributed by atoms with E-state index in [1.165, 1.54) is 26.4 Å². The number of phenols is 1. The smallest absolute Gasteiger partial charge is 0.870 e. The Hall–Kier alpha value is -6.72. The minimum atomic E-state index is -4.80. The Labute approximate surface area is 457 Å². The molecule has 8 aromatic rings. The van der Waals surface area contributed by atoms with E-state index >= 15 is 0 Å². The first-order valence-electron chi connectivity index (χ1n) is 20.9. The molecule has 0 aliphatic carbocycles. The number of rotatable bonds is 12. The molecule has 2 amide bonds. The second-order valence-electron chi connectivity index (χ2n) is 15.5. The van der Waals surface area contributed by atoms with Crippen molar-refractivity contribution in [1.82, 2.24) is 0 Å². The molecule has 0 fully saturated rings. The van der Waals surface area contributed by atoms with Crippen LogP contribution in [0, 0.1) is 13.8 Å². The van der Waals surface area contributed by atoms with Crippen LogP contribution in [0.15, 0.2) is 164 Å². The van der Waals surface area contributed by atoms with E-state index in [9.17, 15) is 45.7 Å². The molecule has 0 atom stereocenters. The van der Waals surface area contributed by atoms with Crippen molar-refractivity contribution in [3.05, 3.63) is 166 Å². The Kier molecular flexibility index (Phi) is 17.8. The van der Waals surface area contributed by atoms with E-state index in [2.05, 4.69) is 31.1 Å². The van der Waals surface area contributed by atoms with E-state index in [0.29, 0.717) is 55.5 Å². The van der Waals surface area contributed by atoms with Crippen LogP contribution in [-0.4, -0.2) is 94.8 Å². The molecule has 4 N–H and O–H groups in total. The van der Waals surface area contributed by atoms with Gasteiger partial charge in [-0.1, -0.05) is 77.5 Å². The van der Waals surface area contributed by atoms with E-state index in [4.69, 9.17) is 32.7 Å². The van der Waals surface area contributed by atoms with Gasteiger partial charge in [-0.3, -0.25) is 14.1 Å². The third-order valence-electron chi connectivity index (χ3n) is 10.8. The number of nitrogens with one attached hydrogen (secondary N) is 2. The number of amides is 2. The Morgan fingerprint density at radius 1 is 0.589 bits per heavy atom. The quantitative estimate of drug-likeness (QED) is 0.0505. The topological polar surface area (TPSA) is 281 Å². The van der Waals surface area contributed by atoms with Gasteiger partial charge < -0.3 is 34.9 Å². The Bertz CT molecular complexity index is 3490. The fourth-order valence-corrected chi connectivity index (χ4v) is 8.51. The zero-order valence-corrected chi connectivity index (χ0v) is 44.1. The summed E-state index contributed by atoms with van der Waals surface area (Å²) in [6.07, 6.45) is 0. The van der Waals surface area contributed by atoms with Gasteiger partial charge in [-0.15, -0.1) is 5.11 Å². The molecule has 0 spiro atoms. The van der Waals surface area contributed by atoms with E-state index in [-0.39, 0.29) is 81.7 Å². The molecular formula is C50H38CaCl2N6O12S2. The fraction of sp³-hybridized carbons (Fsp3) is 0.0800. The van der Waals surface area contributed by atoms with Crippen molar-refractivity contribution in [2.75, 3.05) is 24.9 Å². The second-order valence-corrected chi connectivity index (χ2v) is 19.1. The Morgan fingerprint density at radius 2 is 1.00 bits per heavy atom. The second kappa shape index (κ2) is 23.4. The van der Waals surface area contributed by atoms with Crippen LogP contribution >= 0.6 is 23.2 Å². The van der Waals surface area contributed by atoms with Crippen molar-refractivity contribution in [1.29, 1.82) is 0 Å². The van der Waals surface area contributed by atoms with Crippen molar-refractivity contribution in [2.24, 2.45) is 20.5 Å². The van der Waals surface area contributed by atoms with Crippen LogP contribution in [-0.2, 0) is 20.2 Å². The molecule has 0 radical (unpaired) electrons. The first kappa shape index (κ1) is 55.6. The number of azo groups is 2. The predicted octanol–water partition coefficient (Wildman–Crippen LogP) is 11.5. The van der Waals surface area contributed by atoms with Gasteiger partial charge in [0.2, 0.25) is 0 Å². The molecule has 0 heterocycles. The summed E-state index contributed by atoms with van der Waals surface area (Å²) in [6.45, 7) is 3.16. The van der Waals surface area contributed by atoms with Gasteiger partial charge >= 0.3 is 37.7 Å². The number of carbonyl (C=O) groups excluding carboxylic acids is 2. The van der Waals surface area contributed by atoms with Gasteiger partial charge in [0, 0.05) is 37.8 Å². The first-order valence-corrected chi connectivity index (χ1v) is 24.5. The van der Waals surface area contributed by atoms with E-state index < -0.39 is 53.3 Å². The van der Waals surface area contributed by atoms with Gasteiger partial charge in [0.15, 0.2) is 5.75 Å². The third kappa shape index (κ3) is 13.1. The van der Waals surface area contributed by atoms with Crippen LogP contribution < -0.4 is 25.2 Å². The summed E-state index contributed by atoms with van der Waals surface area (Å²) < 4.78 is 77.2. The normalized spacial score (nSPS) is 11.5. The average molecular weight is 1090 g/mol. The molecule has 0 aromatic heterocycles. The maximum Gasteiger partial charge on any atom is 2.00 e. The molecule has 8 aromatic carbocycles. The summed E-state index contributed by atoms with van der Waals surface area (Å²) in [5.74, 6) is -1.09. The monoisotopic (exact) mass is 1090 g/mol. The molecular weight excluding hydrogens is 1050 g/mol. The van der Waals surface area contributed by atoms with Gasteiger partial charge in [0.25, 0.3) is 21.9 Å². The average Bonchev–Trinajstić information content (AvgIpc) is 3.35. The number of aromatic hydroxyl groups is 1. The van der Waals surface area contributed by atoms with Crippen molar-refractivity contribution in [3.63, 3.8) is 0 Å². The first-order chi connectivity index (χ1) is 34.2. The molecule has 0 bridgehead atoms. The summed E-state index contributed by atoms with van der Waals surface area (Å²) >= 11 is 12.2. The van der Waals surface area contributed by atoms with Crippen LogP contribution in [0.3, 0.4) is 0 Å². The number of phenolic OH excluding ortho intramolecular Hbond substituents is 1. The molecule has 73 heavy (non-hydrogen) atoms. The predicted molar refractivity (Wildman–Crippen MR) is 275 cm³/mol. The standard InChI is InChI=1S/2C25H20ClN3O6S.Ca/c2*1-14-21(26)12-18(36(32,33)34)13-22(14)28-29-23-19-6-4-3-5-15(19)11-20(24(23)30)25(31)27-16-7-9-17(35-2)10-8-16;/h2*3-13,30H,1-2H3,(H,27,31)(H,32,33,34);/q;;+2/p-2. The molecule has 0 saturated carbocycles. The Balaban J connectivity index is 0.000000235. The number of carbonyl (C=O) groups is 2. The SMILES string of the molecule is COc1ccc(NC(=O)c2cc3ccccc3c(N=Nc3cc(S(=O)(=O)O)cc(Cl)c3C)c2O)cc1.COc1ccc(NC(=O)c2cc3ccccc3c(N=Nc3cc(S(=O)(=O)[O-])cc(Cl)c3C)c2[O-])cc1.[Ca+2]. The summed E-state index contributed by atoms with van der Waals surface area (Å²) in [5, 5.41) is 48.2. The van der Waals surface area contributed by atoms with Crippen LogP contribution in [0.4, 0.5) is 34.1 Å². The maximum absolute atomic E-state index is 13.3. The molecule has 8 rings (SSSR count).